The van der Waals surface area contributed by atoms with Crippen molar-refractivity contribution >= 4 is 38.5 Å². The Morgan fingerprint density at radius 1 is 1.00 bits per heavy atom. The second-order valence-corrected chi connectivity index (χ2v) is 10.3. The summed E-state index contributed by atoms with van der Waals surface area (Å²) in [7, 11) is -2.65. The Morgan fingerprint density at radius 3 is 2.50 bits per heavy atom. The molecule has 0 saturated heterocycles. The van der Waals surface area contributed by atoms with Crippen LogP contribution in [0, 0.1) is 0 Å². The van der Waals surface area contributed by atoms with Crippen LogP contribution >= 0.6 is 0 Å². The third-order valence-electron chi connectivity index (χ3n) is 6.11. The standard InChI is InChI=1S/C27H25N3O7S/c1-35-27(32)23(14-18-16-28-22-5-3-2-4-21(18)22)29-26(31)17-6-8-19(9-7-17)30-38(33,34)20-10-11-24-25(15-20)37-13-12-36-24/h2-11,15-16,23,28,30H,12-14H2,1H3,(H,29,31). The number of amides is 1. The van der Waals surface area contributed by atoms with Crippen molar-refractivity contribution in [2.45, 2.75) is 17.4 Å². The van der Waals surface area contributed by atoms with Crippen LogP contribution in [0.5, 0.6) is 11.5 Å². The van der Waals surface area contributed by atoms with E-state index in [4.69, 9.17) is 14.2 Å². The lowest BCUT2D eigenvalue weighted by molar-refractivity contribution is -0.142. The fourth-order valence-corrected chi connectivity index (χ4v) is 5.27. The Balaban J connectivity index is 1.28. The fourth-order valence-electron chi connectivity index (χ4n) is 4.19. The number of rotatable bonds is 8. The van der Waals surface area contributed by atoms with Gasteiger partial charge in [-0.15, -0.1) is 0 Å². The zero-order valence-corrected chi connectivity index (χ0v) is 21.2. The summed E-state index contributed by atoms with van der Waals surface area (Å²) in [6.45, 7) is 0.743. The molecule has 1 atom stereocenters. The summed E-state index contributed by atoms with van der Waals surface area (Å²) in [5.74, 6) is -0.228. The average Bonchev–Trinajstić information content (AvgIpc) is 3.34. The van der Waals surface area contributed by atoms with Gasteiger partial charge < -0.3 is 24.5 Å². The molecule has 2 heterocycles. The van der Waals surface area contributed by atoms with Crippen LogP contribution in [0.25, 0.3) is 10.9 Å². The molecule has 1 unspecified atom stereocenters. The second-order valence-electron chi connectivity index (χ2n) is 8.60. The highest BCUT2D eigenvalue weighted by Crippen LogP contribution is 2.32. The Kier molecular flexibility index (Phi) is 6.93. The summed E-state index contributed by atoms with van der Waals surface area (Å²) >= 11 is 0. The first kappa shape index (κ1) is 25.2. The number of carbonyl (C=O) groups is 2. The number of esters is 1. The minimum absolute atomic E-state index is 0.0155. The molecule has 1 amide bonds. The summed E-state index contributed by atoms with van der Waals surface area (Å²) in [5.41, 5.74) is 2.30. The van der Waals surface area contributed by atoms with Crippen molar-refractivity contribution in [1.29, 1.82) is 0 Å². The van der Waals surface area contributed by atoms with E-state index in [-0.39, 0.29) is 22.6 Å². The minimum atomic E-state index is -3.91. The van der Waals surface area contributed by atoms with Gasteiger partial charge in [-0.1, -0.05) is 18.2 Å². The van der Waals surface area contributed by atoms with Crippen molar-refractivity contribution in [3.63, 3.8) is 0 Å². The Labute approximate surface area is 219 Å². The third-order valence-corrected chi connectivity index (χ3v) is 7.49. The number of hydrogen-bond acceptors (Lipinski definition) is 7. The molecule has 4 aromatic rings. The Morgan fingerprint density at radius 2 is 1.74 bits per heavy atom. The molecule has 1 aromatic heterocycles. The molecule has 196 valence electrons. The third kappa shape index (κ3) is 5.28. The lowest BCUT2D eigenvalue weighted by Crippen LogP contribution is -2.43. The molecule has 0 spiro atoms. The molecule has 0 bridgehead atoms. The molecule has 0 fully saturated rings. The first-order valence-electron chi connectivity index (χ1n) is 11.8. The maximum Gasteiger partial charge on any atom is 0.328 e. The van der Waals surface area contributed by atoms with Gasteiger partial charge in [0, 0.05) is 40.8 Å². The Bertz CT molecular complexity index is 1600. The predicted molar refractivity (Wildman–Crippen MR) is 140 cm³/mol. The zero-order valence-electron chi connectivity index (χ0n) is 20.4. The summed E-state index contributed by atoms with van der Waals surface area (Å²) in [6, 6.07) is 17.0. The van der Waals surface area contributed by atoms with E-state index in [0.717, 1.165) is 16.5 Å². The van der Waals surface area contributed by atoms with Crippen LogP contribution in [0.15, 0.2) is 77.8 Å². The van der Waals surface area contributed by atoms with Crippen molar-refractivity contribution in [3.8, 4) is 11.5 Å². The molecule has 1 aliphatic rings. The van der Waals surface area contributed by atoms with Crippen molar-refractivity contribution < 1.29 is 32.2 Å². The van der Waals surface area contributed by atoms with Gasteiger partial charge in [0.1, 0.15) is 19.3 Å². The van der Waals surface area contributed by atoms with Gasteiger partial charge in [-0.2, -0.15) is 0 Å². The van der Waals surface area contributed by atoms with Crippen molar-refractivity contribution in [2.24, 2.45) is 0 Å². The van der Waals surface area contributed by atoms with E-state index < -0.39 is 27.9 Å². The van der Waals surface area contributed by atoms with E-state index in [1.54, 1.807) is 12.3 Å². The molecule has 10 nitrogen and oxygen atoms in total. The highest BCUT2D eigenvalue weighted by molar-refractivity contribution is 7.92. The van der Waals surface area contributed by atoms with Gasteiger partial charge in [-0.25, -0.2) is 13.2 Å². The SMILES string of the molecule is COC(=O)C(Cc1c[nH]c2ccccc12)NC(=O)c1ccc(NS(=O)(=O)c2ccc3c(c2)OCCO3)cc1. The normalized spacial score (nSPS) is 13.5. The maximum atomic E-state index is 12.9. The number of nitrogens with one attached hydrogen (secondary N) is 3. The van der Waals surface area contributed by atoms with Gasteiger partial charge in [0.15, 0.2) is 11.5 Å². The van der Waals surface area contributed by atoms with E-state index in [0.29, 0.717) is 24.7 Å². The molecule has 38 heavy (non-hydrogen) atoms. The van der Waals surface area contributed by atoms with E-state index in [1.807, 2.05) is 24.3 Å². The molecular weight excluding hydrogens is 510 g/mol. The summed E-state index contributed by atoms with van der Waals surface area (Å²) in [4.78, 5) is 28.5. The van der Waals surface area contributed by atoms with Crippen LogP contribution in [0.4, 0.5) is 5.69 Å². The van der Waals surface area contributed by atoms with Gasteiger partial charge in [0.05, 0.1) is 12.0 Å². The number of sulfonamides is 1. The van der Waals surface area contributed by atoms with Crippen molar-refractivity contribution in [1.82, 2.24) is 10.3 Å². The van der Waals surface area contributed by atoms with Crippen LogP contribution in [0.3, 0.4) is 0 Å². The topological polar surface area (TPSA) is 136 Å². The highest BCUT2D eigenvalue weighted by atomic mass is 32.2. The lowest BCUT2D eigenvalue weighted by atomic mass is 10.0. The van der Waals surface area contributed by atoms with Gasteiger partial charge in [-0.05, 0) is 48.0 Å². The number of aromatic nitrogens is 1. The first-order chi connectivity index (χ1) is 18.3. The summed E-state index contributed by atoms with van der Waals surface area (Å²) < 4.78 is 44.0. The van der Waals surface area contributed by atoms with Crippen molar-refractivity contribution in [3.05, 3.63) is 84.1 Å². The van der Waals surface area contributed by atoms with Crippen LogP contribution in [0.2, 0.25) is 0 Å². The Hall–Kier alpha value is -4.51. The smallest absolute Gasteiger partial charge is 0.328 e. The first-order valence-corrected chi connectivity index (χ1v) is 13.3. The molecule has 11 heteroatoms. The van der Waals surface area contributed by atoms with Gasteiger partial charge in [-0.3, -0.25) is 9.52 Å². The van der Waals surface area contributed by atoms with E-state index in [9.17, 15) is 18.0 Å². The van der Waals surface area contributed by atoms with Crippen LogP contribution in [-0.2, 0) is 26.0 Å². The molecule has 5 rings (SSSR count). The fraction of sp³-hybridized carbons (Fsp3) is 0.185. The van der Waals surface area contributed by atoms with E-state index in [2.05, 4.69) is 15.0 Å². The summed E-state index contributed by atoms with van der Waals surface area (Å²) in [5, 5.41) is 3.67. The highest BCUT2D eigenvalue weighted by Gasteiger charge is 2.24. The lowest BCUT2D eigenvalue weighted by Gasteiger charge is -2.19. The number of hydrogen-bond donors (Lipinski definition) is 3. The van der Waals surface area contributed by atoms with Gasteiger partial charge in [0.2, 0.25) is 0 Å². The van der Waals surface area contributed by atoms with E-state index in [1.165, 1.54) is 43.5 Å². The number of carbonyl (C=O) groups excluding carboxylic acids is 2. The molecule has 0 aliphatic carbocycles. The van der Waals surface area contributed by atoms with Gasteiger partial charge >= 0.3 is 5.97 Å². The molecule has 3 N–H and O–H groups in total. The molecule has 0 radical (unpaired) electrons. The zero-order chi connectivity index (χ0) is 26.7. The monoisotopic (exact) mass is 535 g/mol. The number of ether oxygens (including phenoxy) is 3. The minimum Gasteiger partial charge on any atom is -0.486 e. The quantitative estimate of drug-likeness (QED) is 0.295. The number of methoxy groups -OCH3 is 1. The molecular formula is C27H25N3O7S. The van der Waals surface area contributed by atoms with Crippen LogP contribution in [-0.4, -0.2) is 51.6 Å². The predicted octanol–water partition coefficient (Wildman–Crippen LogP) is 3.25. The second kappa shape index (κ2) is 10.5. The maximum absolute atomic E-state index is 12.9. The number of fused-ring (bicyclic) bond motifs is 2. The van der Waals surface area contributed by atoms with Crippen molar-refractivity contribution in [2.75, 3.05) is 25.0 Å². The largest absolute Gasteiger partial charge is 0.486 e. The average molecular weight is 536 g/mol. The number of para-hydroxylation sites is 1. The summed E-state index contributed by atoms with van der Waals surface area (Å²) in [6.07, 6.45) is 2.03. The molecule has 1 aliphatic heterocycles. The number of H-pyrrole nitrogens is 1. The molecule has 0 saturated carbocycles. The number of benzene rings is 3. The van der Waals surface area contributed by atoms with Crippen LogP contribution < -0.4 is 19.5 Å². The van der Waals surface area contributed by atoms with Crippen LogP contribution in [0.1, 0.15) is 15.9 Å². The van der Waals surface area contributed by atoms with E-state index >= 15 is 0 Å². The van der Waals surface area contributed by atoms with Gasteiger partial charge in [0.25, 0.3) is 15.9 Å². The molecule has 3 aromatic carbocycles. The number of anilines is 1. The number of aromatic amines is 1.